The number of oxazole rings is 1. The third-order valence-corrected chi connectivity index (χ3v) is 6.65. The molecule has 1 saturated heterocycles. The predicted molar refractivity (Wildman–Crippen MR) is 138 cm³/mol. The summed E-state index contributed by atoms with van der Waals surface area (Å²) in [4.78, 5) is 28.4. The number of carboxylic acid groups (broad SMARTS) is 1. The molecule has 1 aliphatic heterocycles. The number of nitrogens with zero attached hydrogens (tertiary/aromatic N) is 3. The molecular formula is C28H29N3O5. The van der Waals surface area contributed by atoms with Crippen molar-refractivity contribution in [1.82, 2.24) is 9.47 Å². The Hall–Kier alpha value is -4.04. The second kappa shape index (κ2) is 10.3. The molecule has 0 radical (unpaired) electrons. The summed E-state index contributed by atoms with van der Waals surface area (Å²) in [6, 6.07) is 24.6. The van der Waals surface area contributed by atoms with Gasteiger partial charge in [-0.05, 0) is 34.9 Å². The maximum Gasteiger partial charge on any atom is 0.507 e. The molecule has 1 aliphatic rings. The van der Waals surface area contributed by atoms with E-state index in [-0.39, 0.29) is 0 Å². The SMILES string of the molecule is CCC(OC(=O)O)n1c(=O)oc2c(N3CCN(Cc4cccc(-c5ccccc5)c4)CC3)cccc21. The molecule has 0 spiro atoms. The van der Waals surface area contributed by atoms with Gasteiger partial charge in [0, 0.05) is 39.1 Å². The van der Waals surface area contributed by atoms with Gasteiger partial charge in [0.1, 0.15) is 0 Å². The minimum atomic E-state index is -1.43. The van der Waals surface area contributed by atoms with E-state index in [1.165, 1.54) is 21.3 Å². The number of para-hydroxylation sites is 1. The lowest BCUT2D eigenvalue weighted by Crippen LogP contribution is -2.46. The van der Waals surface area contributed by atoms with Crippen molar-refractivity contribution >= 4 is 22.9 Å². The predicted octanol–water partition coefficient (Wildman–Crippen LogP) is 5.19. The van der Waals surface area contributed by atoms with Gasteiger partial charge in [-0.2, -0.15) is 0 Å². The van der Waals surface area contributed by atoms with Crippen molar-refractivity contribution in [3.63, 3.8) is 0 Å². The summed E-state index contributed by atoms with van der Waals surface area (Å²) < 4.78 is 11.8. The van der Waals surface area contributed by atoms with Crippen LogP contribution in [0.15, 0.2) is 82.0 Å². The van der Waals surface area contributed by atoms with Crippen LogP contribution in [0.2, 0.25) is 0 Å². The van der Waals surface area contributed by atoms with Crippen molar-refractivity contribution in [2.24, 2.45) is 0 Å². The lowest BCUT2D eigenvalue weighted by atomic mass is 10.0. The minimum absolute atomic E-state index is 0.315. The van der Waals surface area contributed by atoms with Gasteiger partial charge in [0.05, 0.1) is 11.2 Å². The first-order chi connectivity index (χ1) is 17.5. The second-order valence-electron chi connectivity index (χ2n) is 8.94. The highest BCUT2D eigenvalue weighted by Crippen LogP contribution is 2.30. The maximum atomic E-state index is 12.6. The summed E-state index contributed by atoms with van der Waals surface area (Å²) in [6.45, 7) is 5.95. The number of hydrogen-bond donors (Lipinski definition) is 1. The summed E-state index contributed by atoms with van der Waals surface area (Å²) in [5, 5.41) is 9.06. The van der Waals surface area contributed by atoms with Crippen LogP contribution < -0.4 is 10.7 Å². The maximum absolute atomic E-state index is 12.6. The molecule has 2 heterocycles. The summed E-state index contributed by atoms with van der Waals surface area (Å²) in [5.74, 6) is -0.623. The Kier molecular flexibility index (Phi) is 6.77. The van der Waals surface area contributed by atoms with Crippen molar-refractivity contribution in [2.45, 2.75) is 26.1 Å². The van der Waals surface area contributed by atoms with Gasteiger partial charge in [0.15, 0.2) is 11.8 Å². The molecule has 186 valence electrons. The van der Waals surface area contributed by atoms with E-state index in [0.29, 0.717) is 17.5 Å². The van der Waals surface area contributed by atoms with E-state index in [9.17, 15) is 9.59 Å². The number of aromatic nitrogens is 1. The molecule has 1 atom stereocenters. The number of fused-ring (bicyclic) bond motifs is 1. The van der Waals surface area contributed by atoms with Gasteiger partial charge < -0.3 is 19.2 Å². The molecule has 0 aliphatic carbocycles. The molecule has 36 heavy (non-hydrogen) atoms. The normalized spacial score (nSPS) is 15.2. The molecule has 1 N–H and O–H groups in total. The number of benzene rings is 3. The van der Waals surface area contributed by atoms with E-state index in [1.54, 1.807) is 13.0 Å². The third-order valence-electron chi connectivity index (χ3n) is 6.65. The molecule has 8 nitrogen and oxygen atoms in total. The largest absolute Gasteiger partial charge is 0.507 e. The minimum Gasteiger partial charge on any atom is -0.450 e. The fourth-order valence-electron chi connectivity index (χ4n) is 4.88. The first kappa shape index (κ1) is 23.7. The Bertz CT molecular complexity index is 1400. The molecule has 1 aromatic heterocycles. The van der Waals surface area contributed by atoms with Crippen LogP contribution in [0.5, 0.6) is 0 Å². The highest BCUT2D eigenvalue weighted by atomic mass is 16.7. The number of hydrogen-bond acceptors (Lipinski definition) is 6. The molecule has 0 bridgehead atoms. The number of ether oxygens (including phenoxy) is 1. The van der Waals surface area contributed by atoms with Crippen LogP contribution in [-0.2, 0) is 11.3 Å². The molecule has 1 unspecified atom stereocenters. The van der Waals surface area contributed by atoms with Crippen molar-refractivity contribution in [2.75, 3.05) is 31.1 Å². The smallest absolute Gasteiger partial charge is 0.450 e. The highest BCUT2D eigenvalue weighted by molar-refractivity contribution is 5.87. The van der Waals surface area contributed by atoms with Crippen molar-refractivity contribution in [1.29, 1.82) is 0 Å². The fraction of sp³-hybridized carbons (Fsp3) is 0.286. The second-order valence-corrected chi connectivity index (χ2v) is 8.94. The Labute approximate surface area is 208 Å². The zero-order valence-corrected chi connectivity index (χ0v) is 20.2. The molecule has 1 fully saturated rings. The summed E-state index contributed by atoms with van der Waals surface area (Å²) in [5.41, 5.74) is 5.53. The third kappa shape index (κ3) is 4.85. The van der Waals surface area contributed by atoms with Crippen LogP contribution in [0.3, 0.4) is 0 Å². The number of carbonyl (C=O) groups is 1. The van der Waals surface area contributed by atoms with E-state index >= 15 is 0 Å². The Balaban J connectivity index is 1.30. The molecule has 8 heteroatoms. The summed E-state index contributed by atoms with van der Waals surface area (Å²) in [7, 11) is 0. The first-order valence-corrected chi connectivity index (χ1v) is 12.2. The van der Waals surface area contributed by atoms with Gasteiger partial charge >= 0.3 is 11.9 Å². The van der Waals surface area contributed by atoms with E-state index in [0.717, 1.165) is 38.4 Å². The van der Waals surface area contributed by atoms with Gasteiger partial charge in [0.25, 0.3) is 0 Å². The zero-order valence-electron chi connectivity index (χ0n) is 20.2. The van der Waals surface area contributed by atoms with Gasteiger partial charge in [0.2, 0.25) is 0 Å². The number of anilines is 1. The molecular weight excluding hydrogens is 458 g/mol. The number of piperazine rings is 1. The van der Waals surface area contributed by atoms with E-state index in [2.05, 4.69) is 58.3 Å². The molecule has 0 amide bonds. The van der Waals surface area contributed by atoms with Crippen molar-refractivity contribution in [3.8, 4) is 11.1 Å². The topological polar surface area (TPSA) is 88.1 Å². The van der Waals surface area contributed by atoms with Gasteiger partial charge in [-0.3, -0.25) is 4.90 Å². The van der Waals surface area contributed by atoms with E-state index < -0.39 is 18.1 Å². The lowest BCUT2D eigenvalue weighted by Gasteiger charge is -2.36. The molecule has 5 rings (SSSR count). The zero-order chi connectivity index (χ0) is 25.1. The van der Waals surface area contributed by atoms with Crippen LogP contribution in [0.25, 0.3) is 22.2 Å². The van der Waals surface area contributed by atoms with E-state index in [1.807, 2.05) is 18.2 Å². The standard InChI is InChI=1S/C28H29N3O5/c1-2-25(35-28(33)34)31-24-13-7-12-23(26(24)36-27(31)32)30-16-14-29(15-17-30)19-20-8-6-11-22(18-20)21-9-4-3-5-10-21/h3-13,18,25H,2,14-17,19H2,1H3,(H,33,34). The van der Waals surface area contributed by atoms with E-state index in [4.69, 9.17) is 14.3 Å². The average Bonchev–Trinajstić information content (AvgIpc) is 3.24. The van der Waals surface area contributed by atoms with Crippen LogP contribution in [-0.4, -0.2) is 46.9 Å². The van der Waals surface area contributed by atoms with Crippen LogP contribution >= 0.6 is 0 Å². The highest BCUT2D eigenvalue weighted by Gasteiger charge is 2.25. The quantitative estimate of drug-likeness (QED) is 0.359. The van der Waals surface area contributed by atoms with Gasteiger partial charge in [-0.1, -0.05) is 61.5 Å². The Morgan fingerprint density at radius 2 is 1.69 bits per heavy atom. The van der Waals surface area contributed by atoms with Gasteiger partial charge in [-0.25, -0.2) is 14.2 Å². The molecule has 0 saturated carbocycles. The summed E-state index contributed by atoms with van der Waals surface area (Å²) in [6.07, 6.45) is -2.05. The summed E-state index contributed by atoms with van der Waals surface area (Å²) >= 11 is 0. The lowest BCUT2D eigenvalue weighted by molar-refractivity contribution is 0.0150. The number of rotatable bonds is 7. The average molecular weight is 488 g/mol. The fourth-order valence-corrected chi connectivity index (χ4v) is 4.88. The first-order valence-electron chi connectivity index (χ1n) is 12.2. The monoisotopic (exact) mass is 487 g/mol. The Morgan fingerprint density at radius 3 is 2.42 bits per heavy atom. The Morgan fingerprint density at radius 1 is 0.972 bits per heavy atom. The van der Waals surface area contributed by atoms with Crippen LogP contribution in [0, 0.1) is 0 Å². The van der Waals surface area contributed by atoms with Crippen LogP contribution in [0.1, 0.15) is 25.1 Å². The van der Waals surface area contributed by atoms with Gasteiger partial charge in [-0.15, -0.1) is 0 Å². The van der Waals surface area contributed by atoms with Crippen molar-refractivity contribution < 1.29 is 19.1 Å². The van der Waals surface area contributed by atoms with Crippen molar-refractivity contribution in [3.05, 3.63) is 88.9 Å². The molecule has 4 aromatic rings. The van der Waals surface area contributed by atoms with Crippen LogP contribution in [0.4, 0.5) is 10.5 Å². The molecule has 3 aromatic carbocycles.